The average Bonchev–Trinajstić information content (AvgIpc) is 2.13. The van der Waals surface area contributed by atoms with Crippen molar-refractivity contribution in [1.82, 2.24) is 5.32 Å². The van der Waals surface area contributed by atoms with Crippen LogP contribution >= 0.6 is 0 Å². The lowest BCUT2D eigenvalue weighted by molar-refractivity contribution is -0.0322. The lowest BCUT2D eigenvalue weighted by atomic mass is 9.53. The van der Waals surface area contributed by atoms with Gasteiger partial charge in [-0.15, -0.1) is 0 Å². The maximum atomic E-state index is 9.66. The van der Waals surface area contributed by atoms with Gasteiger partial charge in [0.25, 0.3) is 0 Å². The molecular weight excluding hydrogens is 198 g/mol. The summed E-state index contributed by atoms with van der Waals surface area (Å²) < 4.78 is 0. The lowest BCUT2D eigenvalue weighted by Gasteiger charge is -2.58. The highest BCUT2D eigenvalue weighted by molar-refractivity contribution is 5.07. The summed E-state index contributed by atoms with van der Waals surface area (Å²) in [5.74, 6) is 2.96. The standard InChI is InChI=1S/C14H25NO/c1-9(10(2)16)15-14-6-11-3-12(7-14)5-13(4-11)8-14/h9-13,15-16H,3-8H2,1-2H3. The second-order valence-electron chi connectivity index (χ2n) is 6.87. The fourth-order valence-electron chi connectivity index (χ4n) is 4.89. The SMILES string of the molecule is CC(O)C(C)NC12CC3CC(CC(C3)C1)C2. The van der Waals surface area contributed by atoms with Gasteiger partial charge in [-0.1, -0.05) is 0 Å². The first kappa shape index (κ1) is 11.0. The molecule has 0 heterocycles. The van der Waals surface area contributed by atoms with Gasteiger partial charge in [-0.3, -0.25) is 0 Å². The van der Waals surface area contributed by atoms with Gasteiger partial charge in [0, 0.05) is 11.6 Å². The van der Waals surface area contributed by atoms with E-state index in [0.717, 1.165) is 17.8 Å². The van der Waals surface area contributed by atoms with Crippen molar-refractivity contribution in [3.63, 3.8) is 0 Å². The Morgan fingerprint density at radius 1 is 1.00 bits per heavy atom. The molecule has 0 aliphatic heterocycles. The molecule has 2 N–H and O–H groups in total. The van der Waals surface area contributed by atoms with Crippen LogP contribution in [-0.4, -0.2) is 22.8 Å². The Labute approximate surface area is 98.8 Å². The second kappa shape index (κ2) is 3.71. The van der Waals surface area contributed by atoms with E-state index in [0.29, 0.717) is 5.54 Å². The first-order valence-electron chi connectivity index (χ1n) is 7.02. The first-order chi connectivity index (χ1) is 7.56. The van der Waals surface area contributed by atoms with Crippen molar-refractivity contribution in [3.8, 4) is 0 Å². The quantitative estimate of drug-likeness (QED) is 0.769. The minimum Gasteiger partial charge on any atom is -0.392 e. The summed E-state index contributed by atoms with van der Waals surface area (Å²) in [5, 5.41) is 13.4. The zero-order chi connectivity index (χ0) is 11.3. The maximum absolute atomic E-state index is 9.66. The average molecular weight is 223 g/mol. The second-order valence-corrected chi connectivity index (χ2v) is 6.87. The lowest BCUT2D eigenvalue weighted by Crippen LogP contribution is -2.61. The van der Waals surface area contributed by atoms with E-state index in [9.17, 15) is 5.11 Å². The van der Waals surface area contributed by atoms with Crippen LogP contribution in [0.3, 0.4) is 0 Å². The third kappa shape index (κ3) is 1.80. The van der Waals surface area contributed by atoms with E-state index in [2.05, 4.69) is 12.2 Å². The highest BCUT2D eigenvalue weighted by Gasteiger charge is 2.51. The smallest absolute Gasteiger partial charge is 0.0662 e. The van der Waals surface area contributed by atoms with E-state index in [1.165, 1.54) is 38.5 Å². The van der Waals surface area contributed by atoms with Crippen LogP contribution in [0.4, 0.5) is 0 Å². The number of hydrogen-bond donors (Lipinski definition) is 2. The van der Waals surface area contributed by atoms with Crippen molar-refractivity contribution >= 4 is 0 Å². The Morgan fingerprint density at radius 2 is 1.44 bits per heavy atom. The van der Waals surface area contributed by atoms with E-state index >= 15 is 0 Å². The minimum absolute atomic E-state index is 0.229. The van der Waals surface area contributed by atoms with Gasteiger partial charge in [0.05, 0.1) is 6.10 Å². The van der Waals surface area contributed by atoms with Gasteiger partial charge in [-0.2, -0.15) is 0 Å². The topological polar surface area (TPSA) is 32.3 Å². The predicted molar refractivity (Wildman–Crippen MR) is 65.2 cm³/mol. The monoisotopic (exact) mass is 223 g/mol. The van der Waals surface area contributed by atoms with Crippen LogP contribution in [-0.2, 0) is 0 Å². The summed E-state index contributed by atoms with van der Waals surface area (Å²) in [4.78, 5) is 0. The van der Waals surface area contributed by atoms with Crippen LogP contribution in [0.25, 0.3) is 0 Å². The van der Waals surface area contributed by atoms with Crippen molar-refractivity contribution < 1.29 is 5.11 Å². The van der Waals surface area contributed by atoms with Gasteiger partial charge >= 0.3 is 0 Å². The Morgan fingerprint density at radius 3 is 1.81 bits per heavy atom. The fraction of sp³-hybridized carbons (Fsp3) is 1.00. The van der Waals surface area contributed by atoms with Crippen LogP contribution in [0, 0.1) is 17.8 Å². The molecular formula is C14H25NO. The Balaban J connectivity index is 1.73. The number of rotatable bonds is 3. The summed E-state index contributed by atoms with van der Waals surface area (Å²) in [6.45, 7) is 4.03. The fourth-order valence-corrected chi connectivity index (χ4v) is 4.89. The molecule has 2 nitrogen and oxygen atoms in total. The molecule has 0 radical (unpaired) electrons. The number of nitrogens with one attached hydrogen (secondary N) is 1. The Kier molecular flexibility index (Phi) is 2.56. The zero-order valence-electron chi connectivity index (χ0n) is 10.6. The first-order valence-corrected chi connectivity index (χ1v) is 7.02. The molecule has 92 valence electrons. The summed E-state index contributed by atoms with van der Waals surface area (Å²) in [6.07, 6.45) is 8.35. The summed E-state index contributed by atoms with van der Waals surface area (Å²) in [7, 11) is 0. The highest BCUT2D eigenvalue weighted by atomic mass is 16.3. The van der Waals surface area contributed by atoms with Gasteiger partial charge < -0.3 is 10.4 Å². The molecule has 2 atom stereocenters. The minimum atomic E-state index is -0.229. The molecule has 16 heavy (non-hydrogen) atoms. The molecule has 0 spiro atoms. The largest absolute Gasteiger partial charge is 0.392 e. The van der Waals surface area contributed by atoms with Crippen molar-refractivity contribution in [2.45, 2.75) is 70.1 Å². The van der Waals surface area contributed by atoms with Gasteiger partial charge in [-0.05, 0) is 70.1 Å². The number of aliphatic hydroxyl groups is 1. The van der Waals surface area contributed by atoms with Crippen molar-refractivity contribution in [2.24, 2.45) is 17.8 Å². The number of aliphatic hydroxyl groups excluding tert-OH is 1. The van der Waals surface area contributed by atoms with E-state index in [4.69, 9.17) is 0 Å². The molecule has 0 aromatic carbocycles. The molecule has 4 aliphatic carbocycles. The van der Waals surface area contributed by atoms with Gasteiger partial charge in [0.2, 0.25) is 0 Å². The van der Waals surface area contributed by atoms with E-state index in [1.54, 1.807) is 0 Å². The summed E-state index contributed by atoms with van der Waals surface area (Å²) in [6, 6.07) is 0.247. The molecule has 4 rings (SSSR count). The van der Waals surface area contributed by atoms with Gasteiger partial charge in [0.1, 0.15) is 0 Å². The van der Waals surface area contributed by atoms with Crippen molar-refractivity contribution in [3.05, 3.63) is 0 Å². The van der Waals surface area contributed by atoms with Crippen LogP contribution in [0.1, 0.15) is 52.4 Å². The molecule has 0 amide bonds. The van der Waals surface area contributed by atoms with Crippen LogP contribution in [0.5, 0.6) is 0 Å². The molecule has 0 aromatic rings. The summed E-state index contributed by atoms with van der Waals surface area (Å²) >= 11 is 0. The number of hydrogen-bond acceptors (Lipinski definition) is 2. The molecule has 4 saturated carbocycles. The molecule has 4 fully saturated rings. The molecule has 0 saturated heterocycles. The third-order valence-electron chi connectivity index (χ3n) is 5.30. The van der Waals surface area contributed by atoms with Crippen LogP contribution in [0.15, 0.2) is 0 Å². The van der Waals surface area contributed by atoms with Crippen LogP contribution in [0.2, 0.25) is 0 Å². The molecule has 2 unspecified atom stereocenters. The maximum Gasteiger partial charge on any atom is 0.0662 e. The molecule has 4 bridgehead atoms. The van der Waals surface area contributed by atoms with Gasteiger partial charge in [-0.25, -0.2) is 0 Å². The predicted octanol–water partition coefficient (Wildman–Crippen LogP) is 2.31. The van der Waals surface area contributed by atoms with Crippen molar-refractivity contribution in [1.29, 1.82) is 0 Å². The molecule has 4 aliphatic rings. The third-order valence-corrected chi connectivity index (χ3v) is 5.30. The highest BCUT2D eigenvalue weighted by Crippen LogP contribution is 2.55. The van der Waals surface area contributed by atoms with Gasteiger partial charge in [0.15, 0.2) is 0 Å². The zero-order valence-corrected chi connectivity index (χ0v) is 10.6. The van der Waals surface area contributed by atoms with Crippen LogP contribution < -0.4 is 5.32 Å². The molecule has 2 heteroatoms. The van der Waals surface area contributed by atoms with E-state index < -0.39 is 0 Å². The van der Waals surface area contributed by atoms with E-state index in [1.807, 2.05) is 6.92 Å². The summed E-state index contributed by atoms with van der Waals surface area (Å²) in [5.41, 5.74) is 0.394. The Bertz CT molecular complexity index is 239. The van der Waals surface area contributed by atoms with Crippen molar-refractivity contribution in [2.75, 3.05) is 0 Å². The molecule has 0 aromatic heterocycles. The van der Waals surface area contributed by atoms with E-state index in [-0.39, 0.29) is 12.1 Å². The Hall–Kier alpha value is -0.0800. The normalized spacial score (nSPS) is 49.3.